The fourth-order valence-corrected chi connectivity index (χ4v) is 1.61. The second kappa shape index (κ2) is 3.35. The van der Waals surface area contributed by atoms with E-state index in [0.717, 1.165) is 5.92 Å². The van der Waals surface area contributed by atoms with Crippen molar-refractivity contribution in [1.82, 2.24) is 10.2 Å². The van der Waals surface area contributed by atoms with Gasteiger partial charge in [0.25, 0.3) is 0 Å². The number of nitrogens with zero attached hydrogens (tertiary/aromatic N) is 1. The zero-order chi connectivity index (χ0) is 7.56. The summed E-state index contributed by atoms with van der Waals surface area (Å²) in [5.74, 6) is 0.848. The molecule has 2 heteroatoms. The number of piperidine rings is 1. The Bertz CT molecular complexity index is 103. The Balaban J connectivity index is 2.38. The van der Waals surface area contributed by atoms with Crippen molar-refractivity contribution < 1.29 is 0 Å². The smallest absolute Gasteiger partial charge is 0.0217 e. The third kappa shape index (κ3) is 1.70. The topological polar surface area (TPSA) is 15.3 Å². The van der Waals surface area contributed by atoms with Crippen LogP contribution in [0, 0.1) is 5.92 Å². The van der Waals surface area contributed by atoms with Gasteiger partial charge in [0.2, 0.25) is 0 Å². The van der Waals surface area contributed by atoms with E-state index in [2.05, 4.69) is 31.2 Å². The molecule has 1 rings (SSSR count). The predicted octanol–water partition coefficient (Wildman–Crippen LogP) is 0.546. The van der Waals surface area contributed by atoms with Crippen LogP contribution in [0.4, 0.5) is 0 Å². The van der Waals surface area contributed by atoms with Crippen LogP contribution in [0.1, 0.15) is 13.3 Å². The van der Waals surface area contributed by atoms with Crippen molar-refractivity contribution in [2.75, 3.05) is 27.2 Å². The van der Waals surface area contributed by atoms with Gasteiger partial charge < -0.3 is 10.2 Å². The molecular weight excluding hydrogens is 124 g/mol. The van der Waals surface area contributed by atoms with Gasteiger partial charge in [-0.05, 0) is 33.0 Å². The summed E-state index contributed by atoms with van der Waals surface area (Å²) in [6.45, 7) is 4.80. The van der Waals surface area contributed by atoms with E-state index in [1.165, 1.54) is 19.5 Å². The van der Waals surface area contributed by atoms with Gasteiger partial charge in [-0.2, -0.15) is 0 Å². The molecule has 2 unspecified atom stereocenters. The highest BCUT2D eigenvalue weighted by molar-refractivity contribution is 4.80. The average Bonchev–Trinajstić information content (AvgIpc) is 1.94. The summed E-state index contributed by atoms with van der Waals surface area (Å²) in [4.78, 5) is 2.39. The van der Waals surface area contributed by atoms with Gasteiger partial charge >= 0.3 is 0 Å². The second-order valence-electron chi connectivity index (χ2n) is 3.42. The molecule has 0 bridgehead atoms. The average molecular weight is 142 g/mol. The number of rotatable bonds is 1. The molecule has 1 saturated heterocycles. The molecule has 1 fully saturated rings. The highest BCUT2D eigenvalue weighted by Gasteiger charge is 2.21. The Morgan fingerprint density at radius 3 is 2.70 bits per heavy atom. The fraction of sp³-hybridized carbons (Fsp3) is 1.00. The van der Waals surface area contributed by atoms with E-state index in [-0.39, 0.29) is 0 Å². The summed E-state index contributed by atoms with van der Waals surface area (Å²) in [6, 6.07) is 0.707. The van der Waals surface area contributed by atoms with Gasteiger partial charge in [0.05, 0.1) is 0 Å². The molecule has 0 amide bonds. The van der Waals surface area contributed by atoms with Crippen molar-refractivity contribution in [3.63, 3.8) is 0 Å². The number of nitrogens with one attached hydrogen (secondary N) is 1. The first-order valence-corrected chi connectivity index (χ1v) is 4.10. The molecule has 1 aliphatic rings. The van der Waals surface area contributed by atoms with Gasteiger partial charge in [-0.15, -0.1) is 0 Å². The molecule has 0 saturated carbocycles. The van der Waals surface area contributed by atoms with E-state index in [1.807, 2.05) is 0 Å². The lowest BCUT2D eigenvalue weighted by Crippen LogP contribution is -2.47. The van der Waals surface area contributed by atoms with Crippen LogP contribution in [-0.2, 0) is 0 Å². The Morgan fingerprint density at radius 1 is 1.50 bits per heavy atom. The van der Waals surface area contributed by atoms with Crippen molar-refractivity contribution in [1.29, 1.82) is 0 Å². The minimum absolute atomic E-state index is 0.707. The number of hydrogen-bond donors (Lipinski definition) is 1. The monoisotopic (exact) mass is 142 g/mol. The van der Waals surface area contributed by atoms with Gasteiger partial charge in [0.15, 0.2) is 0 Å². The van der Waals surface area contributed by atoms with E-state index >= 15 is 0 Å². The first-order chi connectivity index (χ1) is 4.74. The number of likely N-dealkylation sites (tertiary alicyclic amines) is 1. The van der Waals surface area contributed by atoms with Crippen LogP contribution in [0.25, 0.3) is 0 Å². The van der Waals surface area contributed by atoms with Crippen LogP contribution >= 0.6 is 0 Å². The molecular formula is C8H18N2. The minimum Gasteiger partial charge on any atom is -0.315 e. The summed E-state index contributed by atoms with van der Waals surface area (Å²) in [6.07, 6.45) is 1.34. The summed E-state index contributed by atoms with van der Waals surface area (Å²) < 4.78 is 0. The van der Waals surface area contributed by atoms with Gasteiger partial charge in [0, 0.05) is 12.6 Å². The molecule has 0 radical (unpaired) electrons. The van der Waals surface area contributed by atoms with E-state index in [0.29, 0.717) is 6.04 Å². The molecule has 1 aliphatic heterocycles. The van der Waals surface area contributed by atoms with Crippen molar-refractivity contribution in [2.24, 2.45) is 5.92 Å². The standard InChI is InChI=1S/C8H18N2/c1-7-4-5-10(3)6-8(7)9-2/h7-9H,4-6H2,1-3H3. The Morgan fingerprint density at radius 2 is 2.20 bits per heavy atom. The molecule has 10 heavy (non-hydrogen) atoms. The van der Waals surface area contributed by atoms with Crippen LogP contribution in [0.15, 0.2) is 0 Å². The van der Waals surface area contributed by atoms with Gasteiger partial charge in [0.1, 0.15) is 0 Å². The van der Waals surface area contributed by atoms with Gasteiger partial charge in [-0.3, -0.25) is 0 Å². The fourth-order valence-electron chi connectivity index (χ4n) is 1.61. The maximum atomic E-state index is 3.34. The third-order valence-electron chi connectivity index (χ3n) is 2.53. The van der Waals surface area contributed by atoms with Crippen molar-refractivity contribution in [2.45, 2.75) is 19.4 Å². The predicted molar refractivity (Wildman–Crippen MR) is 44.1 cm³/mol. The molecule has 0 spiro atoms. The highest BCUT2D eigenvalue weighted by atomic mass is 15.1. The van der Waals surface area contributed by atoms with Crippen molar-refractivity contribution in [3.05, 3.63) is 0 Å². The molecule has 0 aromatic rings. The first-order valence-electron chi connectivity index (χ1n) is 4.10. The minimum atomic E-state index is 0.707. The molecule has 2 nitrogen and oxygen atoms in total. The van der Waals surface area contributed by atoms with Crippen molar-refractivity contribution >= 4 is 0 Å². The SMILES string of the molecule is CNC1CN(C)CCC1C. The third-order valence-corrected chi connectivity index (χ3v) is 2.53. The lowest BCUT2D eigenvalue weighted by molar-refractivity contribution is 0.182. The maximum Gasteiger partial charge on any atom is 0.0217 e. The van der Waals surface area contributed by atoms with E-state index in [1.54, 1.807) is 0 Å². The number of hydrogen-bond acceptors (Lipinski definition) is 2. The van der Waals surface area contributed by atoms with Gasteiger partial charge in [-0.1, -0.05) is 6.92 Å². The molecule has 1 heterocycles. The second-order valence-corrected chi connectivity index (χ2v) is 3.42. The highest BCUT2D eigenvalue weighted by Crippen LogP contribution is 2.14. The van der Waals surface area contributed by atoms with Crippen LogP contribution in [0.5, 0.6) is 0 Å². The van der Waals surface area contributed by atoms with E-state index in [9.17, 15) is 0 Å². The zero-order valence-corrected chi connectivity index (χ0v) is 7.22. The van der Waals surface area contributed by atoms with E-state index < -0.39 is 0 Å². The van der Waals surface area contributed by atoms with E-state index in [4.69, 9.17) is 0 Å². The van der Waals surface area contributed by atoms with Crippen LogP contribution in [0.3, 0.4) is 0 Å². The molecule has 0 aliphatic carbocycles. The molecule has 0 aromatic carbocycles. The molecule has 0 aromatic heterocycles. The summed E-state index contributed by atoms with van der Waals surface area (Å²) in [5, 5.41) is 3.34. The summed E-state index contributed by atoms with van der Waals surface area (Å²) >= 11 is 0. The Hall–Kier alpha value is -0.0800. The number of likely N-dealkylation sites (N-methyl/N-ethyl adjacent to an activating group) is 2. The van der Waals surface area contributed by atoms with Crippen LogP contribution in [0.2, 0.25) is 0 Å². The van der Waals surface area contributed by atoms with Gasteiger partial charge in [-0.25, -0.2) is 0 Å². The lowest BCUT2D eigenvalue weighted by atomic mass is 9.94. The quantitative estimate of drug-likeness (QED) is 0.575. The zero-order valence-electron chi connectivity index (χ0n) is 7.22. The Kier molecular flexibility index (Phi) is 2.69. The first kappa shape index (κ1) is 8.02. The molecule has 1 N–H and O–H groups in total. The molecule has 60 valence electrons. The summed E-state index contributed by atoms with van der Waals surface area (Å²) in [5.41, 5.74) is 0. The normalized spacial score (nSPS) is 36.3. The largest absolute Gasteiger partial charge is 0.315 e. The molecule has 2 atom stereocenters. The maximum absolute atomic E-state index is 3.34. The van der Waals surface area contributed by atoms with Crippen molar-refractivity contribution in [3.8, 4) is 0 Å². The summed E-state index contributed by atoms with van der Waals surface area (Å²) in [7, 11) is 4.25. The Labute approximate surface area is 63.6 Å². The van der Waals surface area contributed by atoms with Crippen LogP contribution in [-0.4, -0.2) is 38.1 Å². The lowest BCUT2D eigenvalue weighted by Gasteiger charge is -2.34. The van der Waals surface area contributed by atoms with Crippen LogP contribution < -0.4 is 5.32 Å².